The number of benzene rings is 2. The summed E-state index contributed by atoms with van der Waals surface area (Å²) in [4.78, 5) is 0. The van der Waals surface area contributed by atoms with Crippen LogP contribution in [0.1, 0.15) is 11.1 Å². The van der Waals surface area contributed by atoms with E-state index in [4.69, 9.17) is 21.1 Å². The summed E-state index contributed by atoms with van der Waals surface area (Å²) in [5.74, 6) is 1.18. The van der Waals surface area contributed by atoms with Gasteiger partial charge in [-0.25, -0.2) is 4.39 Å². The first kappa shape index (κ1) is 14.2. The highest BCUT2D eigenvalue weighted by Crippen LogP contribution is 2.33. The Hall–Kier alpha value is -1.78. The van der Waals surface area contributed by atoms with E-state index < -0.39 is 5.82 Å². The van der Waals surface area contributed by atoms with Gasteiger partial charge in [-0.1, -0.05) is 29.8 Å². The van der Waals surface area contributed by atoms with Gasteiger partial charge in [0.1, 0.15) is 19.0 Å². The molecule has 0 radical (unpaired) electrons. The van der Waals surface area contributed by atoms with Crippen LogP contribution in [0.25, 0.3) is 0 Å². The van der Waals surface area contributed by atoms with Crippen molar-refractivity contribution in [1.29, 1.82) is 0 Å². The summed E-state index contributed by atoms with van der Waals surface area (Å²) in [5.41, 5.74) is 1.98. The molecule has 0 aromatic heterocycles. The molecule has 2 aromatic rings. The molecule has 0 unspecified atom stereocenters. The second kappa shape index (κ2) is 6.33. The first-order chi connectivity index (χ1) is 10.2. The van der Waals surface area contributed by atoms with Crippen molar-refractivity contribution in [2.75, 3.05) is 13.2 Å². The fourth-order valence-corrected chi connectivity index (χ4v) is 2.47. The van der Waals surface area contributed by atoms with Crippen LogP contribution in [0.2, 0.25) is 5.02 Å². The van der Waals surface area contributed by atoms with E-state index in [1.54, 1.807) is 12.1 Å². The molecule has 0 saturated carbocycles. The third-order valence-electron chi connectivity index (χ3n) is 3.28. The van der Waals surface area contributed by atoms with Gasteiger partial charge in [-0.3, -0.25) is 0 Å². The lowest BCUT2D eigenvalue weighted by Gasteiger charge is -2.21. The predicted molar refractivity (Wildman–Crippen MR) is 79.4 cm³/mol. The summed E-state index contributed by atoms with van der Waals surface area (Å²) < 4.78 is 24.3. The van der Waals surface area contributed by atoms with E-state index in [1.165, 1.54) is 6.07 Å². The SMILES string of the molecule is Fc1ccc(CNCc2cccc3c2OCCO3)cc1Cl. The molecule has 1 aliphatic heterocycles. The van der Waals surface area contributed by atoms with Crippen LogP contribution in [0.3, 0.4) is 0 Å². The molecule has 2 aromatic carbocycles. The number of hydrogen-bond acceptors (Lipinski definition) is 3. The van der Waals surface area contributed by atoms with E-state index in [-0.39, 0.29) is 5.02 Å². The number of halogens is 2. The quantitative estimate of drug-likeness (QED) is 0.937. The Bertz CT molecular complexity index is 648. The van der Waals surface area contributed by atoms with Crippen molar-refractivity contribution in [2.45, 2.75) is 13.1 Å². The van der Waals surface area contributed by atoms with Crippen LogP contribution in [0, 0.1) is 5.82 Å². The summed E-state index contributed by atoms with van der Waals surface area (Å²) in [5, 5.41) is 3.44. The zero-order chi connectivity index (χ0) is 14.7. The summed E-state index contributed by atoms with van der Waals surface area (Å²) in [7, 11) is 0. The summed E-state index contributed by atoms with van der Waals surface area (Å²) in [6.07, 6.45) is 0. The molecule has 3 nitrogen and oxygen atoms in total. The Balaban J connectivity index is 1.64. The lowest BCUT2D eigenvalue weighted by molar-refractivity contribution is 0.169. The van der Waals surface area contributed by atoms with Gasteiger partial charge in [0.05, 0.1) is 5.02 Å². The number of nitrogens with one attached hydrogen (secondary N) is 1. The Kier molecular flexibility index (Phi) is 4.27. The molecule has 1 aliphatic rings. The maximum absolute atomic E-state index is 13.1. The minimum Gasteiger partial charge on any atom is -0.486 e. The van der Waals surface area contributed by atoms with Crippen LogP contribution < -0.4 is 14.8 Å². The van der Waals surface area contributed by atoms with E-state index in [0.29, 0.717) is 26.3 Å². The van der Waals surface area contributed by atoms with Gasteiger partial charge in [0.25, 0.3) is 0 Å². The standard InChI is InChI=1S/C16H15ClFNO2/c17-13-8-11(4-5-14(13)18)9-19-10-12-2-1-3-15-16(12)21-7-6-20-15/h1-5,8,19H,6-7,9-10H2. The Morgan fingerprint density at radius 2 is 1.95 bits per heavy atom. The van der Waals surface area contributed by atoms with Crippen molar-refractivity contribution >= 4 is 11.6 Å². The van der Waals surface area contributed by atoms with Gasteiger partial charge >= 0.3 is 0 Å². The molecular formula is C16H15ClFNO2. The molecule has 21 heavy (non-hydrogen) atoms. The van der Waals surface area contributed by atoms with Crippen LogP contribution in [-0.2, 0) is 13.1 Å². The highest BCUT2D eigenvalue weighted by molar-refractivity contribution is 6.30. The van der Waals surface area contributed by atoms with Crippen molar-refractivity contribution in [3.05, 3.63) is 58.4 Å². The molecular weight excluding hydrogens is 293 g/mol. The van der Waals surface area contributed by atoms with Gasteiger partial charge < -0.3 is 14.8 Å². The number of fused-ring (bicyclic) bond motifs is 1. The van der Waals surface area contributed by atoms with Crippen molar-refractivity contribution in [3.8, 4) is 11.5 Å². The molecule has 3 rings (SSSR count). The molecule has 1 heterocycles. The van der Waals surface area contributed by atoms with Crippen LogP contribution in [-0.4, -0.2) is 13.2 Å². The van der Waals surface area contributed by atoms with Gasteiger partial charge in [0, 0.05) is 18.7 Å². The number of hydrogen-bond donors (Lipinski definition) is 1. The molecule has 0 fully saturated rings. The summed E-state index contributed by atoms with van der Waals surface area (Å²) in [6.45, 7) is 2.39. The lowest BCUT2D eigenvalue weighted by atomic mass is 10.1. The van der Waals surface area contributed by atoms with Gasteiger partial charge in [0.2, 0.25) is 0 Å². The predicted octanol–water partition coefficient (Wildman–Crippen LogP) is 3.54. The van der Waals surface area contributed by atoms with Gasteiger partial charge in [-0.15, -0.1) is 0 Å². The molecule has 110 valence electrons. The first-order valence-electron chi connectivity index (χ1n) is 6.76. The maximum Gasteiger partial charge on any atom is 0.165 e. The van der Waals surface area contributed by atoms with Gasteiger partial charge in [-0.05, 0) is 23.8 Å². The molecule has 0 amide bonds. The molecule has 0 bridgehead atoms. The fourth-order valence-electron chi connectivity index (χ4n) is 2.26. The van der Waals surface area contributed by atoms with E-state index in [2.05, 4.69) is 5.32 Å². The van der Waals surface area contributed by atoms with E-state index >= 15 is 0 Å². The minimum absolute atomic E-state index is 0.142. The highest BCUT2D eigenvalue weighted by atomic mass is 35.5. The van der Waals surface area contributed by atoms with Gasteiger partial charge in [0.15, 0.2) is 11.5 Å². The first-order valence-corrected chi connectivity index (χ1v) is 7.14. The van der Waals surface area contributed by atoms with Crippen molar-refractivity contribution < 1.29 is 13.9 Å². The van der Waals surface area contributed by atoms with Gasteiger partial charge in [-0.2, -0.15) is 0 Å². The largest absolute Gasteiger partial charge is 0.486 e. The van der Waals surface area contributed by atoms with Crippen molar-refractivity contribution in [2.24, 2.45) is 0 Å². The number of para-hydroxylation sites is 1. The van der Waals surface area contributed by atoms with E-state index in [0.717, 1.165) is 22.6 Å². The molecule has 0 aliphatic carbocycles. The third kappa shape index (κ3) is 3.28. The monoisotopic (exact) mass is 307 g/mol. The zero-order valence-electron chi connectivity index (χ0n) is 11.4. The van der Waals surface area contributed by atoms with E-state index in [1.807, 2.05) is 18.2 Å². The van der Waals surface area contributed by atoms with Crippen LogP contribution in [0.15, 0.2) is 36.4 Å². The Labute approximate surface area is 127 Å². The Morgan fingerprint density at radius 3 is 2.81 bits per heavy atom. The van der Waals surface area contributed by atoms with E-state index in [9.17, 15) is 4.39 Å². The molecule has 0 atom stereocenters. The minimum atomic E-state index is -0.400. The molecule has 5 heteroatoms. The number of ether oxygens (including phenoxy) is 2. The zero-order valence-corrected chi connectivity index (χ0v) is 12.1. The second-order valence-electron chi connectivity index (χ2n) is 4.79. The van der Waals surface area contributed by atoms with Crippen LogP contribution in [0.5, 0.6) is 11.5 Å². The average Bonchev–Trinajstić information content (AvgIpc) is 2.51. The number of rotatable bonds is 4. The van der Waals surface area contributed by atoms with Crippen LogP contribution in [0.4, 0.5) is 4.39 Å². The highest BCUT2D eigenvalue weighted by Gasteiger charge is 2.14. The van der Waals surface area contributed by atoms with Crippen molar-refractivity contribution in [3.63, 3.8) is 0 Å². The molecule has 0 saturated heterocycles. The van der Waals surface area contributed by atoms with Crippen molar-refractivity contribution in [1.82, 2.24) is 5.32 Å². The third-order valence-corrected chi connectivity index (χ3v) is 3.57. The topological polar surface area (TPSA) is 30.5 Å². The smallest absolute Gasteiger partial charge is 0.165 e. The second-order valence-corrected chi connectivity index (χ2v) is 5.20. The molecule has 1 N–H and O–H groups in total. The van der Waals surface area contributed by atoms with Crippen LogP contribution >= 0.6 is 11.6 Å². The molecule has 0 spiro atoms. The normalized spacial score (nSPS) is 13.2. The summed E-state index contributed by atoms with van der Waals surface area (Å²) >= 11 is 5.77. The lowest BCUT2D eigenvalue weighted by Crippen LogP contribution is -2.19. The average molecular weight is 308 g/mol. The maximum atomic E-state index is 13.1. The summed E-state index contributed by atoms with van der Waals surface area (Å²) in [6, 6.07) is 10.6. The fraction of sp³-hybridized carbons (Fsp3) is 0.250. The Morgan fingerprint density at radius 1 is 1.10 bits per heavy atom.